The maximum absolute atomic E-state index is 12.3. The van der Waals surface area contributed by atoms with Crippen molar-refractivity contribution in [3.8, 4) is 0 Å². The number of benzene rings is 2. The Hall–Kier alpha value is -2.37. The van der Waals surface area contributed by atoms with Gasteiger partial charge in [-0.25, -0.2) is 0 Å². The highest BCUT2D eigenvalue weighted by molar-refractivity contribution is 6.31. The third-order valence-electron chi connectivity index (χ3n) is 4.33. The lowest BCUT2D eigenvalue weighted by atomic mass is 10.1. The van der Waals surface area contributed by atoms with Gasteiger partial charge in [-0.15, -0.1) is 0 Å². The van der Waals surface area contributed by atoms with Crippen molar-refractivity contribution < 1.29 is 9.59 Å². The Bertz CT molecular complexity index is 780. The van der Waals surface area contributed by atoms with Crippen molar-refractivity contribution in [1.29, 1.82) is 0 Å². The zero-order chi connectivity index (χ0) is 19.8. The average molecular weight is 388 g/mol. The standard InChI is InChI=1S/C21H26ClN3O2/c1-4-25(13-20(26)23-16(3)17-8-6-5-7-9-17)14-21(27)24-19-12-18(22)11-10-15(19)2/h5-12,16H,4,13-14H2,1-3H3,(H,23,26)(H,24,27). The number of rotatable bonds is 8. The zero-order valence-electron chi connectivity index (χ0n) is 16.0. The molecule has 0 saturated heterocycles. The minimum Gasteiger partial charge on any atom is -0.348 e. The largest absolute Gasteiger partial charge is 0.348 e. The highest BCUT2D eigenvalue weighted by atomic mass is 35.5. The number of amides is 2. The Balaban J connectivity index is 1.87. The van der Waals surface area contributed by atoms with E-state index in [-0.39, 0.29) is 30.9 Å². The Morgan fingerprint density at radius 3 is 2.41 bits per heavy atom. The zero-order valence-corrected chi connectivity index (χ0v) is 16.7. The molecule has 2 amide bonds. The molecule has 0 aliphatic carbocycles. The summed E-state index contributed by atoms with van der Waals surface area (Å²) in [6, 6.07) is 15.1. The third-order valence-corrected chi connectivity index (χ3v) is 4.57. The summed E-state index contributed by atoms with van der Waals surface area (Å²) in [5, 5.41) is 6.40. The second-order valence-electron chi connectivity index (χ2n) is 6.51. The first-order valence-corrected chi connectivity index (χ1v) is 9.39. The molecule has 1 unspecified atom stereocenters. The number of anilines is 1. The van der Waals surface area contributed by atoms with E-state index in [1.54, 1.807) is 17.0 Å². The van der Waals surface area contributed by atoms with Crippen molar-refractivity contribution in [1.82, 2.24) is 10.2 Å². The second-order valence-corrected chi connectivity index (χ2v) is 6.95. The molecule has 1 atom stereocenters. The van der Waals surface area contributed by atoms with Crippen LogP contribution in [0.4, 0.5) is 5.69 Å². The first kappa shape index (κ1) is 20.9. The monoisotopic (exact) mass is 387 g/mol. The maximum atomic E-state index is 12.3. The molecule has 6 heteroatoms. The van der Waals surface area contributed by atoms with E-state index < -0.39 is 0 Å². The van der Waals surface area contributed by atoms with Crippen LogP contribution in [-0.2, 0) is 9.59 Å². The van der Waals surface area contributed by atoms with E-state index in [1.807, 2.05) is 57.2 Å². The minimum absolute atomic E-state index is 0.0830. The first-order valence-electron chi connectivity index (χ1n) is 9.01. The highest BCUT2D eigenvalue weighted by Crippen LogP contribution is 2.20. The molecule has 0 heterocycles. The molecule has 2 rings (SSSR count). The molecule has 0 fully saturated rings. The van der Waals surface area contributed by atoms with E-state index in [2.05, 4.69) is 10.6 Å². The predicted molar refractivity (Wildman–Crippen MR) is 110 cm³/mol. The molecular formula is C21H26ClN3O2. The summed E-state index contributed by atoms with van der Waals surface area (Å²) in [7, 11) is 0. The van der Waals surface area contributed by atoms with Crippen LogP contribution >= 0.6 is 11.6 Å². The minimum atomic E-state index is -0.175. The van der Waals surface area contributed by atoms with E-state index >= 15 is 0 Å². The van der Waals surface area contributed by atoms with Crippen LogP contribution in [0.5, 0.6) is 0 Å². The predicted octanol–water partition coefficient (Wildman–Crippen LogP) is 3.79. The summed E-state index contributed by atoms with van der Waals surface area (Å²) in [5.74, 6) is -0.286. The number of carbonyl (C=O) groups excluding carboxylic acids is 2. The van der Waals surface area contributed by atoms with E-state index in [9.17, 15) is 9.59 Å². The van der Waals surface area contributed by atoms with E-state index in [1.165, 1.54) is 0 Å². The van der Waals surface area contributed by atoms with Gasteiger partial charge in [0.2, 0.25) is 11.8 Å². The summed E-state index contributed by atoms with van der Waals surface area (Å²) in [5.41, 5.74) is 2.67. The van der Waals surface area contributed by atoms with Gasteiger partial charge >= 0.3 is 0 Å². The molecule has 144 valence electrons. The molecule has 0 bridgehead atoms. The number of nitrogens with one attached hydrogen (secondary N) is 2. The summed E-state index contributed by atoms with van der Waals surface area (Å²) in [4.78, 5) is 26.5. The van der Waals surface area contributed by atoms with E-state index in [0.717, 1.165) is 11.1 Å². The van der Waals surface area contributed by atoms with Crippen molar-refractivity contribution >= 4 is 29.1 Å². The molecular weight excluding hydrogens is 362 g/mol. The number of aryl methyl sites for hydroxylation is 1. The molecule has 0 saturated carbocycles. The maximum Gasteiger partial charge on any atom is 0.238 e. The number of likely N-dealkylation sites (N-methyl/N-ethyl adjacent to an activating group) is 1. The van der Waals surface area contributed by atoms with Crippen LogP contribution in [0, 0.1) is 6.92 Å². The van der Waals surface area contributed by atoms with Gasteiger partial charge in [0, 0.05) is 10.7 Å². The van der Waals surface area contributed by atoms with Gasteiger partial charge in [0.15, 0.2) is 0 Å². The summed E-state index contributed by atoms with van der Waals surface area (Å²) in [6.07, 6.45) is 0. The van der Waals surface area contributed by atoms with Crippen molar-refractivity contribution in [2.75, 3.05) is 25.0 Å². The van der Waals surface area contributed by atoms with E-state index in [0.29, 0.717) is 17.3 Å². The Morgan fingerprint density at radius 1 is 1.07 bits per heavy atom. The van der Waals surface area contributed by atoms with Gasteiger partial charge in [-0.1, -0.05) is 54.9 Å². The lowest BCUT2D eigenvalue weighted by Crippen LogP contribution is -2.41. The summed E-state index contributed by atoms with van der Waals surface area (Å²) < 4.78 is 0. The topological polar surface area (TPSA) is 61.4 Å². The van der Waals surface area contributed by atoms with Crippen LogP contribution in [-0.4, -0.2) is 36.3 Å². The molecule has 27 heavy (non-hydrogen) atoms. The molecule has 0 spiro atoms. The van der Waals surface area contributed by atoms with Gasteiger partial charge in [0.1, 0.15) is 0 Å². The lowest BCUT2D eigenvalue weighted by molar-refractivity contribution is -0.123. The lowest BCUT2D eigenvalue weighted by Gasteiger charge is -2.21. The van der Waals surface area contributed by atoms with Gasteiger partial charge in [-0.2, -0.15) is 0 Å². The van der Waals surface area contributed by atoms with Crippen LogP contribution < -0.4 is 10.6 Å². The molecule has 0 radical (unpaired) electrons. The van der Waals surface area contributed by atoms with Gasteiger partial charge in [-0.05, 0) is 43.7 Å². The second kappa shape index (κ2) is 10.1. The molecule has 0 aliphatic rings. The molecule has 0 aliphatic heterocycles. The van der Waals surface area contributed by atoms with Crippen LogP contribution in [0.1, 0.15) is 31.0 Å². The van der Waals surface area contributed by atoms with Crippen LogP contribution in [0.2, 0.25) is 5.02 Å². The molecule has 0 aromatic heterocycles. The van der Waals surface area contributed by atoms with Gasteiger partial charge < -0.3 is 10.6 Å². The number of hydrogen-bond acceptors (Lipinski definition) is 3. The van der Waals surface area contributed by atoms with Gasteiger partial charge in [0.05, 0.1) is 19.1 Å². The summed E-state index contributed by atoms with van der Waals surface area (Å²) in [6.45, 7) is 6.66. The highest BCUT2D eigenvalue weighted by Gasteiger charge is 2.16. The van der Waals surface area contributed by atoms with Crippen molar-refractivity contribution in [3.63, 3.8) is 0 Å². The quantitative estimate of drug-likeness (QED) is 0.724. The molecule has 2 N–H and O–H groups in total. The Morgan fingerprint density at radius 2 is 1.74 bits per heavy atom. The first-order chi connectivity index (χ1) is 12.9. The molecule has 5 nitrogen and oxygen atoms in total. The average Bonchev–Trinajstić information content (AvgIpc) is 2.64. The smallest absolute Gasteiger partial charge is 0.238 e. The SMILES string of the molecule is CCN(CC(=O)Nc1cc(Cl)ccc1C)CC(=O)NC(C)c1ccccc1. The fourth-order valence-electron chi connectivity index (χ4n) is 2.72. The van der Waals surface area contributed by atoms with Crippen LogP contribution in [0.25, 0.3) is 0 Å². The third kappa shape index (κ3) is 6.70. The van der Waals surface area contributed by atoms with Crippen LogP contribution in [0.15, 0.2) is 48.5 Å². The number of halogens is 1. The van der Waals surface area contributed by atoms with Gasteiger partial charge in [-0.3, -0.25) is 14.5 Å². The number of carbonyl (C=O) groups is 2. The molecule has 2 aromatic carbocycles. The normalized spacial score (nSPS) is 11.9. The number of nitrogens with zero attached hydrogens (tertiary/aromatic N) is 1. The van der Waals surface area contributed by atoms with Crippen LogP contribution in [0.3, 0.4) is 0 Å². The van der Waals surface area contributed by atoms with Crippen molar-refractivity contribution in [2.45, 2.75) is 26.8 Å². The number of hydrogen-bond donors (Lipinski definition) is 2. The van der Waals surface area contributed by atoms with Crippen molar-refractivity contribution in [3.05, 3.63) is 64.7 Å². The fraction of sp³-hybridized carbons (Fsp3) is 0.333. The van der Waals surface area contributed by atoms with Crippen molar-refractivity contribution in [2.24, 2.45) is 0 Å². The fourth-order valence-corrected chi connectivity index (χ4v) is 2.89. The summed E-state index contributed by atoms with van der Waals surface area (Å²) >= 11 is 5.99. The Labute approximate surface area is 165 Å². The van der Waals surface area contributed by atoms with E-state index in [4.69, 9.17) is 11.6 Å². The molecule has 2 aromatic rings. The van der Waals surface area contributed by atoms with Gasteiger partial charge in [0.25, 0.3) is 0 Å². The Kier molecular flexibility index (Phi) is 7.82.